The third kappa shape index (κ3) is 16.5. The van der Waals surface area contributed by atoms with E-state index in [1.54, 1.807) is 11.1 Å². The van der Waals surface area contributed by atoms with Gasteiger partial charge in [-0.25, -0.2) is 0 Å². The van der Waals surface area contributed by atoms with Gasteiger partial charge in [0.05, 0.1) is 0 Å². The van der Waals surface area contributed by atoms with E-state index in [1.807, 2.05) is 36.4 Å². The predicted octanol–water partition coefficient (Wildman–Crippen LogP) is 16.4. The first-order valence-corrected chi connectivity index (χ1v) is 22.0. The summed E-state index contributed by atoms with van der Waals surface area (Å²) in [5.74, 6) is 0.507. The molecule has 0 aliphatic heterocycles. The van der Waals surface area contributed by atoms with E-state index < -0.39 is 0 Å². The Morgan fingerprint density at radius 2 is 1.00 bits per heavy atom. The topological polar surface area (TPSA) is 3.24 Å². The van der Waals surface area contributed by atoms with Gasteiger partial charge in [0.25, 0.3) is 0 Å². The quantitative estimate of drug-likeness (QED) is 0.0558. The summed E-state index contributed by atoms with van der Waals surface area (Å²) in [6, 6.07) is 30.4. The summed E-state index contributed by atoms with van der Waals surface area (Å²) in [7, 11) is 0. The van der Waals surface area contributed by atoms with Gasteiger partial charge >= 0.3 is 21.7 Å². The summed E-state index contributed by atoms with van der Waals surface area (Å²) in [5.41, 5.74) is 8.98. The summed E-state index contributed by atoms with van der Waals surface area (Å²) < 4.78 is 0. The minimum atomic E-state index is 0. The molecule has 3 aromatic carbocycles. The molecule has 55 heavy (non-hydrogen) atoms. The van der Waals surface area contributed by atoms with Crippen molar-refractivity contribution in [3.05, 3.63) is 125 Å². The van der Waals surface area contributed by atoms with Crippen molar-refractivity contribution in [1.29, 1.82) is 0 Å². The summed E-state index contributed by atoms with van der Waals surface area (Å²) >= 11 is 0. The Morgan fingerprint density at radius 1 is 0.564 bits per heavy atom. The van der Waals surface area contributed by atoms with E-state index in [0.29, 0.717) is 12.0 Å². The van der Waals surface area contributed by atoms with Crippen molar-refractivity contribution in [3.63, 3.8) is 0 Å². The minimum Gasteiger partial charge on any atom is -0.295 e. The Morgan fingerprint density at radius 3 is 1.49 bits per heavy atom. The summed E-state index contributed by atoms with van der Waals surface area (Å²) in [6.45, 7) is 23.3. The van der Waals surface area contributed by atoms with Gasteiger partial charge in [-0.15, -0.1) is 0 Å². The first kappa shape index (κ1) is 48.7. The third-order valence-electron chi connectivity index (χ3n) is 11.9. The van der Waals surface area contributed by atoms with Crippen molar-refractivity contribution in [2.45, 2.75) is 176 Å². The molecule has 0 radical (unpaired) electrons. The van der Waals surface area contributed by atoms with Gasteiger partial charge in [0.1, 0.15) is 0 Å². The van der Waals surface area contributed by atoms with Gasteiger partial charge < -0.3 is 0 Å². The first-order valence-electron chi connectivity index (χ1n) is 22.0. The molecule has 2 atom stereocenters. The van der Waals surface area contributed by atoms with Crippen molar-refractivity contribution >= 4 is 17.7 Å². The smallest absolute Gasteiger partial charge is 0.295 e. The van der Waals surface area contributed by atoms with E-state index >= 15 is 0 Å². The molecule has 0 fully saturated rings. The van der Waals surface area contributed by atoms with Gasteiger partial charge in [-0.1, -0.05) is 226 Å². The Labute approximate surface area is 355 Å². The summed E-state index contributed by atoms with van der Waals surface area (Å²) in [4.78, 5) is 2.94. The molecule has 0 amide bonds. The van der Waals surface area contributed by atoms with Crippen LogP contribution in [0.2, 0.25) is 0 Å². The molecule has 0 N–H and O–H groups in total. The van der Waals surface area contributed by atoms with Gasteiger partial charge in [0, 0.05) is 17.5 Å². The van der Waals surface area contributed by atoms with Crippen LogP contribution < -0.4 is 0 Å². The van der Waals surface area contributed by atoms with Crippen LogP contribution in [0.1, 0.15) is 187 Å². The van der Waals surface area contributed by atoms with Crippen molar-refractivity contribution in [2.24, 2.45) is 5.41 Å². The molecule has 4 rings (SSSR count). The van der Waals surface area contributed by atoms with E-state index in [2.05, 4.69) is 140 Å². The second-order valence-corrected chi connectivity index (χ2v) is 17.6. The fourth-order valence-corrected chi connectivity index (χ4v) is 8.79. The standard InChI is InChI=1S/C37H65N.C16H14.Ti/c1-10-12-14-16-18-19-21-25-29-38(36(5,6)7)34(28-22-20-17-15-13-11-2)37(8,9)35-31(4)30(3)32-26-23-24-27-33(32)35;1-3-9-15(10-4-1)13-7-8-14-16-11-5-2-6-12-16;/h23-24,26-27,34-35H,10-22,25,28-29H2,1-9H3;1-14H;/q;;+2. The van der Waals surface area contributed by atoms with E-state index in [-0.39, 0.29) is 32.7 Å². The van der Waals surface area contributed by atoms with Crippen LogP contribution in [-0.2, 0) is 21.7 Å². The second kappa shape index (κ2) is 26.5. The van der Waals surface area contributed by atoms with Gasteiger partial charge in [0.15, 0.2) is 0 Å². The van der Waals surface area contributed by atoms with Gasteiger partial charge in [-0.2, -0.15) is 0 Å². The van der Waals surface area contributed by atoms with Crippen molar-refractivity contribution in [3.8, 4) is 0 Å². The molecule has 0 spiro atoms. The van der Waals surface area contributed by atoms with Gasteiger partial charge in [-0.05, 0) is 87.2 Å². The van der Waals surface area contributed by atoms with Crippen LogP contribution in [-0.4, -0.2) is 23.0 Å². The van der Waals surface area contributed by atoms with Crippen LogP contribution in [0.4, 0.5) is 0 Å². The first-order chi connectivity index (χ1) is 26.0. The van der Waals surface area contributed by atoms with Crippen LogP contribution in [0.15, 0.2) is 103 Å². The maximum atomic E-state index is 2.94. The third-order valence-corrected chi connectivity index (χ3v) is 11.9. The van der Waals surface area contributed by atoms with E-state index in [0.717, 1.165) is 0 Å². The molecule has 2 unspecified atom stereocenters. The number of hydrogen-bond acceptors (Lipinski definition) is 1. The Balaban J connectivity index is 0.000000510. The zero-order valence-electron chi connectivity index (χ0n) is 36.8. The fraction of sp³-hybridized carbons (Fsp3) is 0.547. The number of fused-ring (bicyclic) bond motifs is 1. The molecule has 2 heteroatoms. The Bertz CT molecular complexity index is 1480. The SMILES string of the molecule is C(C=Cc1ccccc1)=Cc1ccccc1.CCCCCCCCCCN(C(CCCCCCCC)C(C)(C)C1C(C)=C(C)c2ccccc21)C(C)(C)C.[Ti+2]. The van der Waals surface area contributed by atoms with Crippen LogP contribution in [0.5, 0.6) is 0 Å². The monoisotopic (exact) mass is 778 g/mol. The maximum absolute atomic E-state index is 2.94. The zero-order valence-corrected chi connectivity index (χ0v) is 38.4. The number of unbranched alkanes of at least 4 members (excludes halogenated alkanes) is 12. The molecule has 1 aliphatic rings. The normalized spacial score (nSPS) is 15.0. The molecule has 0 aromatic heterocycles. The summed E-state index contributed by atoms with van der Waals surface area (Å²) in [6.07, 6.45) is 29.1. The van der Waals surface area contributed by atoms with Crippen LogP contribution in [0.3, 0.4) is 0 Å². The molecule has 1 nitrogen and oxygen atoms in total. The number of rotatable bonds is 22. The van der Waals surface area contributed by atoms with E-state index in [9.17, 15) is 0 Å². The fourth-order valence-electron chi connectivity index (χ4n) is 8.79. The average Bonchev–Trinajstić information content (AvgIpc) is 3.43. The number of benzene rings is 3. The molecule has 0 saturated carbocycles. The molecule has 1 aliphatic carbocycles. The van der Waals surface area contributed by atoms with E-state index in [4.69, 9.17) is 0 Å². The molecule has 0 heterocycles. The molecule has 3 aromatic rings. The second-order valence-electron chi connectivity index (χ2n) is 17.6. The number of nitrogens with zero attached hydrogens (tertiary/aromatic N) is 1. The zero-order chi connectivity index (χ0) is 39.2. The molecular formula is C53H79NTi+2. The largest absolute Gasteiger partial charge is 2.00 e. The van der Waals surface area contributed by atoms with Crippen LogP contribution in [0.25, 0.3) is 17.7 Å². The summed E-state index contributed by atoms with van der Waals surface area (Å²) in [5, 5.41) is 0. The van der Waals surface area contributed by atoms with Crippen LogP contribution in [0, 0.1) is 5.41 Å². The Hall–Kier alpha value is -2.45. The number of hydrogen-bond donors (Lipinski definition) is 0. The van der Waals surface area contributed by atoms with Gasteiger partial charge in [0.2, 0.25) is 0 Å². The van der Waals surface area contributed by atoms with E-state index in [1.165, 1.54) is 125 Å². The average molecular weight is 778 g/mol. The van der Waals surface area contributed by atoms with Crippen molar-refractivity contribution in [2.75, 3.05) is 6.54 Å². The minimum absolute atomic E-state index is 0. The molecule has 0 saturated heterocycles. The number of allylic oxidation sites excluding steroid dienone is 4. The predicted molar refractivity (Wildman–Crippen MR) is 243 cm³/mol. The Kier molecular flexibility index (Phi) is 23.4. The van der Waals surface area contributed by atoms with Crippen molar-refractivity contribution < 1.29 is 21.7 Å². The molecular weight excluding hydrogens is 698 g/mol. The maximum Gasteiger partial charge on any atom is 2.00 e. The van der Waals surface area contributed by atoms with Crippen LogP contribution >= 0.6 is 0 Å². The van der Waals surface area contributed by atoms with Crippen molar-refractivity contribution in [1.82, 2.24) is 4.90 Å². The molecule has 0 bridgehead atoms. The molecule has 298 valence electrons. The van der Waals surface area contributed by atoms with Gasteiger partial charge in [-0.3, -0.25) is 4.90 Å².